The van der Waals surface area contributed by atoms with Crippen LogP contribution in [-0.2, 0) is 4.79 Å². The number of nitrogens with zero attached hydrogens (tertiary/aromatic N) is 2. The first-order valence-corrected chi connectivity index (χ1v) is 9.65. The molecule has 0 aliphatic rings. The van der Waals surface area contributed by atoms with Gasteiger partial charge in [0, 0.05) is 10.2 Å². The Bertz CT molecular complexity index is 1030. The van der Waals surface area contributed by atoms with Crippen molar-refractivity contribution in [1.29, 1.82) is 10.5 Å². The quantitative estimate of drug-likeness (QED) is 0.474. The number of rotatable bonds is 7. The van der Waals surface area contributed by atoms with Gasteiger partial charge in [-0.3, -0.25) is 4.79 Å². The molecule has 0 aromatic heterocycles. The maximum atomic E-state index is 12.6. The van der Waals surface area contributed by atoms with E-state index in [2.05, 4.69) is 21.2 Å². The minimum Gasteiger partial charge on any atom is -0.490 e. The van der Waals surface area contributed by atoms with Crippen molar-refractivity contribution >= 4 is 33.6 Å². The SMILES string of the molecule is CCOc1cc(/C=C(\C#N)C(=O)Nc2ccc(C)cc2C)c(Br)cc1OCC#N. The monoisotopic (exact) mass is 453 g/mol. The summed E-state index contributed by atoms with van der Waals surface area (Å²) in [6, 6.07) is 12.8. The van der Waals surface area contributed by atoms with E-state index in [4.69, 9.17) is 14.7 Å². The molecular weight excluding hydrogens is 434 g/mol. The molecule has 148 valence electrons. The Morgan fingerprint density at radius 1 is 1.17 bits per heavy atom. The van der Waals surface area contributed by atoms with E-state index in [1.807, 2.05) is 51.1 Å². The summed E-state index contributed by atoms with van der Waals surface area (Å²) in [4.78, 5) is 12.6. The van der Waals surface area contributed by atoms with Gasteiger partial charge in [0.25, 0.3) is 5.91 Å². The minimum absolute atomic E-state index is 0.0567. The van der Waals surface area contributed by atoms with Gasteiger partial charge in [0.05, 0.1) is 6.61 Å². The molecule has 1 amide bonds. The smallest absolute Gasteiger partial charge is 0.266 e. The number of ether oxygens (including phenoxy) is 2. The van der Waals surface area contributed by atoms with E-state index in [0.717, 1.165) is 11.1 Å². The molecule has 0 aliphatic carbocycles. The summed E-state index contributed by atoms with van der Waals surface area (Å²) >= 11 is 3.41. The fourth-order valence-corrected chi connectivity index (χ4v) is 3.04. The van der Waals surface area contributed by atoms with Crippen LogP contribution in [-0.4, -0.2) is 19.1 Å². The highest BCUT2D eigenvalue weighted by Crippen LogP contribution is 2.35. The van der Waals surface area contributed by atoms with Crippen molar-refractivity contribution in [2.75, 3.05) is 18.5 Å². The predicted molar refractivity (Wildman–Crippen MR) is 115 cm³/mol. The first-order valence-electron chi connectivity index (χ1n) is 8.86. The van der Waals surface area contributed by atoms with Gasteiger partial charge in [-0.2, -0.15) is 10.5 Å². The van der Waals surface area contributed by atoms with Crippen molar-refractivity contribution in [2.24, 2.45) is 0 Å². The number of amides is 1. The molecule has 2 rings (SSSR count). The standard InChI is InChI=1S/C22H20BrN3O3/c1-4-28-20-11-16(18(23)12-21(20)29-8-7-24)10-17(13-25)22(27)26-19-6-5-14(2)9-15(19)3/h5-6,9-12H,4,8H2,1-3H3,(H,26,27)/b17-10+. The second kappa shape index (κ2) is 10.3. The maximum absolute atomic E-state index is 12.6. The number of benzene rings is 2. The Labute approximate surface area is 178 Å². The normalized spacial score (nSPS) is 10.6. The molecule has 29 heavy (non-hydrogen) atoms. The first-order chi connectivity index (χ1) is 13.9. The number of aryl methyl sites for hydroxylation is 2. The van der Waals surface area contributed by atoms with Crippen LogP contribution in [0, 0.1) is 36.5 Å². The summed E-state index contributed by atoms with van der Waals surface area (Å²) in [5.41, 5.74) is 3.16. The topological polar surface area (TPSA) is 95.1 Å². The second-order valence-electron chi connectivity index (χ2n) is 6.14. The molecular formula is C22H20BrN3O3. The average Bonchev–Trinajstić information content (AvgIpc) is 2.69. The molecule has 0 fully saturated rings. The van der Waals surface area contributed by atoms with E-state index in [1.54, 1.807) is 12.1 Å². The molecule has 2 aromatic rings. The lowest BCUT2D eigenvalue weighted by Crippen LogP contribution is -2.14. The Morgan fingerprint density at radius 2 is 1.90 bits per heavy atom. The molecule has 0 bridgehead atoms. The third-order valence-electron chi connectivity index (χ3n) is 3.95. The van der Waals surface area contributed by atoms with Gasteiger partial charge in [-0.25, -0.2) is 0 Å². The van der Waals surface area contributed by atoms with Gasteiger partial charge < -0.3 is 14.8 Å². The zero-order valence-electron chi connectivity index (χ0n) is 16.4. The van der Waals surface area contributed by atoms with E-state index < -0.39 is 5.91 Å². The lowest BCUT2D eigenvalue weighted by molar-refractivity contribution is -0.112. The van der Waals surface area contributed by atoms with Gasteiger partial charge in [-0.05, 0) is 56.2 Å². The number of carbonyl (C=O) groups is 1. The molecule has 0 aliphatic heterocycles. The number of nitriles is 2. The van der Waals surface area contributed by atoms with Crippen LogP contribution in [0.5, 0.6) is 11.5 Å². The van der Waals surface area contributed by atoms with Crippen molar-refractivity contribution in [3.05, 3.63) is 57.1 Å². The summed E-state index contributed by atoms with van der Waals surface area (Å²) in [6.07, 6.45) is 1.47. The van der Waals surface area contributed by atoms with Gasteiger partial charge in [-0.15, -0.1) is 0 Å². The fraction of sp³-hybridized carbons (Fsp3) is 0.227. The molecule has 0 heterocycles. The summed E-state index contributed by atoms with van der Waals surface area (Å²) < 4.78 is 11.5. The van der Waals surface area contributed by atoms with Gasteiger partial charge in [0.2, 0.25) is 0 Å². The molecule has 2 aromatic carbocycles. The molecule has 0 saturated heterocycles. The summed E-state index contributed by atoms with van der Waals surface area (Å²) in [7, 11) is 0. The van der Waals surface area contributed by atoms with Gasteiger partial charge in [0.15, 0.2) is 18.1 Å². The van der Waals surface area contributed by atoms with Crippen molar-refractivity contribution < 1.29 is 14.3 Å². The molecule has 0 atom stereocenters. The molecule has 0 unspecified atom stereocenters. The highest BCUT2D eigenvalue weighted by atomic mass is 79.9. The number of nitrogens with one attached hydrogen (secondary N) is 1. The Morgan fingerprint density at radius 3 is 2.52 bits per heavy atom. The van der Waals surface area contributed by atoms with Crippen LogP contribution in [0.15, 0.2) is 40.4 Å². The fourth-order valence-electron chi connectivity index (χ4n) is 2.60. The first kappa shape index (κ1) is 22.0. The zero-order chi connectivity index (χ0) is 21.4. The number of hydrogen-bond acceptors (Lipinski definition) is 5. The lowest BCUT2D eigenvalue weighted by atomic mass is 10.1. The molecule has 7 heteroatoms. The van der Waals surface area contributed by atoms with Crippen LogP contribution in [0.2, 0.25) is 0 Å². The number of anilines is 1. The van der Waals surface area contributed by atoms with Gasteiger partial charge in [-0.1, -0.05) is 33.6 Å². The maximum Gasteiger partial charge on any atom is 0.266 e. The lowest BCUT2D eigenvalue weighted by Gasteiger charge is -2.13. The number of carbonyl (C=O) groups excluding carboxylic acids is 1. The van der Waals surface area contributed by atoms with Crippen LogP contribution < -0.4 is 14.8 Å². The third kappa shape index (κ3) is 5.84. The molecule has 0 saturated carbocycles. The highest BCUT2D eigenvalue weighted by molar-refractivity contribution is 9.10. The average molecular weight is 454 g/mol. The van der Waals surface area contributed by atoms with Gasteiger partial charge in [0.1, 0.15) is 17.7 Å². The van der Waals surface area contributed by atoms with E-state index in [9.17, 15) is 10.1 Å². The summed E-state index contributed by atoms with van der Waals surface area (Å²) in [6.45, 7) is 5.96. The van der Waals surface area contributed by atoms with E-state index in [0.29, 0.717) is 33.8 Å². The minimum atomic E-state index is -0.505. The van der Waals surface area contributed by atoms with Crippen molar-refractivity contribution in [2.45, 2.75) is 20.8 Å². The largest absolute Gasteiger partial charge is 0.490 e. The Hall–Kier alpha value is -3.29. The Kier molecular flexibility index (Phi) is 7.82. The van der Waals surface area contributed by atoms with Crippen LogP contribution in [0.4, 0.5) is 5.69 Å². The van der Waals surface area contributed by atoms with Crippen molar-refractivity contribution in [3.63, 3.8) is 0 Å². The Balaban J connectivity index is 2.36. The predicted octanol–water partition coefficient (Wildman–Crippen LogP) is 4.91. The third-order valence-corrected chi connectivity index (χ3v) is 4.64. The summed E-state index contributed by atoms with van der Waals surface area (Å²) in [5.74, 6) is 0.314. The number of hydrogen-bond donors (Lipinski definition) is 1. The van der Waals surface area contributed by atoms with E-state index in [-0.39, 0.29) is 12.2 Å². The molecule has 0 spiro atoms. The van der Waals surface area contributed by atoms with Crippen molar-refractivity contribution in [3.8, 4) is 23.6 Å². The van der Waals surface area contributed by atoms with Gasteiger partial charge >= 0.3 is 0 Å². The van der Waals surface area contributed by atoms with Crippen LogP contribution >= 0.6 is 15.9 Å². The molecule has 0 radical (unpaired) electrons. The summed E-state index contributed by atoms with van der Waals surface area (Å²) in [5, 5.41) is 21.0. The van der Waals surface area contributed by atoms with Crippen molar-refractivity contribution in [1.82, 2.24) is 0 Å². The van der Waals surface area contributed by atoms with Crippen LogP contribution in [0.1, 0.15) is 23.6 Å². The second-order valence-corrected chi connectivity index (χ2v) is 7.00. The number of halogens is 1. The van der Waals surface area contributed by atoms with Crippen LogP contribution in [0.3, 0.4) is 0 Å². The zero-order valence-corrected chi connectivity index (χ0v) is 18.0. The van der Waals surface area contributed by atoms with Crippen LogP contribution in [0.25, 0.3) is 6.08 Å². The van der Waals surface area contributed by atoms with E-state index in [1.165, 1.54) is 6.08 Å². The van der Waals surface area contributed by atoms with E-state index >= 15 is 0 Å². The highest BCUT2D eigenvalue weighted by Gasteiger charge is 2.15. The molecule has 1 N–H and O–H groups in total. The molecule has 6 nitrogen and oxygen atoms in total.